The average Bonchev–Trinajstić information content (AvgIpc) is 3.51. The van der Waals surface area contributed by atoms with Crippen LogP contribution in [-0.2, 0) is 4.74 Å². The normalized spacial score (nSPS) is 18.8. The number of ether oxygens (including phenoxy) is 2. The van der Waals surface area contributed by atoms with Crippen molar-refractivity contribution in [3.05, 3.63) is 47.9 Å². The molecule has 7 nitrogen and oxygen atoms in total. The summed E-state index contributed by atoms with van der Waals surface area (Å²) in [6.07, 6.45) is 8.56. The van der Waals surface area contributed by atoms with Crippen molar-refractivity contribution in [1.82, 2.24) is 24.5 Å². The van der Waals surface area contributed by atoms with E-state index in [9.17, 15) is 0 Å². The van der Waals surface area contributed by atoms with Crippen LogP contribution in [0.4, 0.5) is 0 Å². The van der Waals surface area contributed by atoms with Gasteiger partial charge in [-0.25, -0.2) is 9.50 Å². The molecule has 0 bridgehead atoms. The quantitative estimate of drug-likeness (QED) is 0.359. The monoisotopic (exact) mass is 475 g/mol. The highest BCUT2D eigenvalue weighted by atomic mass is 16.5. The van der Waals surface area contributed by atoms with Crippen LogP contribution in [0.3, 0.4) is 0 Å². The van der Waals surface area contributed by atoms with E-state index in [1.807, 2.05) is 6.20 Å². The third-order valence-corrected chi connectivity index (χ3v) is 7.73. The van der Waals surface area contributed by atoms with Crippen molar-refractivity contribution in [3.8, 4) is 17.0 Å². The number of nitrogens with zero attached hydrogens (tertiary/aromatic N) is 4. The number of aromatic amines is 1. The highest BCUT2D eigenvalue weighted by molar-refractivity contribution is 5.92. The lowest BCUT2D eigenvalue weighted by molar-refractivity contribution is 0.120. The topological polar surface area (TPSA) is 67.7 Å². The number of rotatable bonds is 8. The number of fused-ring (bicyclic) bond motifs is 2. The second-order valence-corrected chi connectivity index (χ2v) is 10.2. The van der Waals surface area contributed by atoms with E-state index in [1.54, 1.807) is 25.1 Å². The molecule has 1 aromatic carbocycles. The molecule has 0 saturated heterocycles. The molecule has 0 radical (unpaired) electrons. The second kappa shape index (κ2) is 9.99. The SMILES string of the molecule is COCCN(C)C1CCC(c2ccc3[nH]c(-c4cc(OC)c5ncnn5c4)c(C(C)C)c3c2)CC1. The van der Waals surface area contributed by atoms with E-state index in [-0.39, 0.29) is 0 Å². The Kier molecular flexibility index (Phi) is 6.80. The molecular formula is C28H37N5O2. The number of H-pyrrole nitrogens is 1. The van der Waals surface area contributed by atoms with Gasteiger partial charge in [-0.1, -0.05) is 19.9 Å². The molecular weight excluding hydrogens is 438 g/mol. The Morgan fingerprint density at radius 2 is 1.94 bits per heavy atom. The zero-order valence-electron chi connectivity index (χ0n) is 21.5. The number of methoxy groups -OCH3 is 2. The van der Waals surface area contributed by atoms with Gasteiger partial charge < -0.3 is 19.4 Å². The number of likely N-dealkylation sites (N-methyl/N-ethyl adjacent to an activating group) is 1. The van der Waals surface area contributed by atoms with E-state index < -0.39 is 0 Å². The van der Waals surface area contributed by atoms with E-state index in [0.717, 1.165) is 35.8 Å². The number of nitrogens with one attached hydrogen (secondary N) is 1. The Morgan fingerprint density at radius 3 is 2.66 bits per heavy atom. The van der Waals surface area contributed by atoms with Crippen molar-refractivity contribution < 1.29 is 9.47 Å². The van der Waals surface area contributed by atoms with E-state index in [0.29, 0.717) is 17.9 Å². The molecule has 0 unspecified atom stereocenters. The summed E-state index contributed by atoms with van der Waals surface area (Å²) >= 11 is 0. The number of aromatic nitrogens is 4. The van der Waals surface area contributed by atoms with Gasteiger partial charge in [0, 0.05) is 42.4 Å². The zero-order chi connectivity index (χ0) is 24.5. The first-order valence-electron chi connectivity index (χ1n) is 12.7. The Morgan fingerprint density at radius 1 is 1.14 bits per heavy atom. The predicted octanol–water partition coefficient (Wildman–Crippen LogP) is 5.61. The summed E-state index contributed by atoms with van der Waals surface area (Å²) in [4.78, 5) is 10.5. The van der Waals surface area contributed by atoms with E-state index in [2.05, 4.69) is 65.1 Å². The first-order chi connectivity index (χ1) is 17.0. The van der Waals surface area contributed by atoms with Gasteiger partial charge in [0.05, 0.1) is 19.4 Å². The van der Waals surface area contributed by atoms with Crippen LogP contribution in [-0.4, -0.2) is 64.9 Å². The van der Waals surface area contributed by atoms with Crippen molar-refractivity contribution >= 4 is 16.6 Å². The van der Waals surface area contributed by atoms with Crippen LogP contribution in [0, 0.1) is 0 Å². The summed E-state index contributed by atoms with van der Waals surface area (Å²) in [5.74, 6) is 1.72. The predicted molar refractivity (Wildman–Crippen MR) is 140 cm³/mol. The van der Waals surface area contributed by atoms with Crippen LogP contribution in [0.25, 0.3) is 27.8 Å². The van der Waals surface area contributed by atoms with E-state index >= 15 is 0 Å². The third-order valence-electron chi connectivity index (χ3n) is 7.73. The van der Waals surface area contributed by atoms with Crippen molar-refractivity contribution in [2.75, 3.05) is 34.4 Å². The number of benzene rings is 1. The van der Waals surface area contributed by atoms with Gasteiger partial charge in [-0.15, -0.1) is 0 Å². The Labute approximate surface area is 207 Å². The molecule has 1 saturated carbocycles. The summed E-state index contributed by atoms with van der Waals surface area (Å²) in [5, 5.41) is 5.68. The largest absolute Gasteiger partial charge is 0.493 e. The fourth-order valence-electron chi connectivity index (χ4n) is 5.76. The highest BCUT2D eigenvalue weighted by Gasteiger charge is 2.26. The fraction of sp³-hybridized carbons (Fsp3) is 0.500. The van der Waals surface area contributed by atoms with Gasteiger partial charge in [0.1, 0.15) is 6.33 Å². The minimum absolute atomic E-state index is 0.372. The first kappa shape index (κ1) is 23.8. The first-order valence-corrected chi connectivity index (χ1v) is 12.7. The zero-order valence-corrected chi connectivity index (χ0v) is 21.5. The average molecular weight is 476 g/mol. The van der Waals surface area contributed by atoms with Crippen molar-refractivity contribution in [2.45, 2.75) is 57.4 Å². The molecule has 1 aliphatic rings. The second-order valence-electron chi connectivity index (χ2n) is 10.2. The standard InChI is InChI=1S/C28H37N5O2/c1-18(2)26-23-14-20(19-6-9-22(10-7-19)32(3)12-13-34-4)8-11-24(23)31-27(26)21-15-25(35-5)28-29-17-30-33(28)16-21/h8,11,14-19,22,31H,6-7,9-10,12-13H2,1-5H3. The van der Waals surface area contributed by atoms with E-state index in [1.165, 1.54) is 47.7 Å². The molecule has 0 aliphatic heterocycles. The Balaban J connectivity index is 1.46. The molecule has 5 rings (SSSR count). The Hall–Kier alpha value is -2.90. The minimum Gasteiger partial charge on any atom is -0.493 e. The molecule has 4 aromatic rings. The molecule has 0 amide bonds. The maximum atomic E-state index is 5.62. The molecule has 1 N–H and O–H groups in total. The van der Waals surface area contributed by atoms with Crippen LogP contribution >= 0.6 is 0 Å². The Bertz CT molecular complexity index is 1300. The summed E-state index contributed by atoms with van der Waals surface area (Å²) in [7, 11) is 5.69. The third kappa shape index (κ3) is 4.55. The maximum absolute atomic E-state index is 5.62. The molecule has 3 heterocycles. The maximum Gasteiger partial charge on any atom is 0.197 e. The molecule has 1 aliphatic carbocycles. The minimum atomic E-state index is 0.372. The van der Waals surface area contributed by atoms with Gasteiger partial charge in [0.15, 0.2) is 11.4 Å². The van der Waals surface area contributed by atoms with Gasteiger partial charge in [0.2, 0.25) is 0 Å². The van der Waals surface area contributed by atoms with Gasteiger partial charge in [-0.3, -0.25) is 0 Å². The van der Waals surface area contributed by atoms with Gasteiger partial charge in [0.25, 0.3) is 0 Å². The van der Waals surface area contributed by atoms with Crippen LogP contribution in [0.2, 0.25) is 0 Å². The van der Waals surface area contributed by atoms with Crippen LogP contribution in [0.1, 0.15) is 62.5 Å². The van der Waals surface area contributed by atoms with Gasteiger partial charge in [-0.05, 0) is 73.9 Å². The number of pyridine rings is 1. The lowest BCUT2D eigenvalue weighted by Gasteiger charge is -2.34. The molecule has 0 atom stereocenters. The van der Waals surface area contributed by atoms with Gasteiger partial charge >= 0.3 is 0 Å². The molecule has 35 heavy (non-hydrogen) atoms. The lowest BCUT2D eigenvalue weighted by Crippen LogP contribution is -2.36. The molecule has 186 valence electrons. The summed E-state index contributed by atoms with van der Waals surface area (Å²) in [6, 6.07) is 9.76. The van der Waals surface area contributed by atoms with Crippen molar-refractivity contribution in [2.24, 2.45) is 0 Å². The van der Waals surface area contributed by atoms with E-state index in [4.69, 9.17) is 9.47 Å². The summed E-state index contributed by atoms with van der Waals surface area (Å²) < 4.78 is 12.7. The molecule has 1 fully saturated rings. The fourth-order valence-corrected chi connectivity index (χ4v) is 5.76. The number of hydrogen-bond donors (Lipinski definition) is 1. The van der Waals surface area contributed by atoms with Crippen LogP contribution in [0.5, 0.6) is 5.75 Å². The molecule has 3 aromatic heterocycles. The van der Waals surface area contributed by atoms with Crippen LogP contribution < -0.4 is 4.74 Å². The van der Waals surface area contributed by atoms with Crippen molar-refractivity contribution in [3.63, 3.8) is 0 Å². The van der Waals surface area contributed by atoms with Crippen molar-refractivity contribution in [1.29, 1.82) is 0 Å². The highest BCUT2D eigenvalue weighted by Crippen LogP contribution is 2.40. The lowest BCUT2D eigenvalue weighted by atomic mass is 9.80. The number of hydrogen-bond acceptors (Lipinski definition) is 5. The van der Waals surface area contributed by atoms with Crippen LogP contribution in [0.15, 0.2) is 36.8 Å². The van der Waals surface area contributed by atoms with Gasteiger partial charge in [-0.2, -0.15) is 5.10 Å². The molecule has 7 heteroatoms. The molecule has 0 spiro atoms. The smallest absolute Gasteiger partial charge is 0.197 e. The summed E-state index contributed by atoms with van der Waals surface area (Å²) in [5.41, 5.74) is 6.90. The summed E-state index contributed by atoms with van der Waals surface area (Å²) in [6.45, 7) is 6.35.